The molecule has 0 saturated heterocycles. The first kappa shape index (κ1) is 13.5. The zero-order valence-corrected chi connectivity index (χ0v) is 12.8. The van der Waals surface area contributed by atoms with Crippen LogP contribution in [0.15, 0.2) is 51.2 Å². The minimum atomic E-state index is 0.693. The Labute approximate surface area is 129 Å². The number of thioether (sulfide) groups is 1. The topological polar surface area (TPSA) is 52.0 Å². The van der Waals surface area contributed by atoms with Crippen LogP contribution in [-0.2, 0) is 5.75 Å². The van der Waals surface area contributed by atoms with E-state index < -0.39 is 0 Å². The van der Waals surface area contributed by atoms with Gasteiger partial charge in [-0.25, -0.2) is 0 Å². The molecule has 20 heavy (non-hydrogen) atoms. The molecule has 0 amide bonds. The van der Waals surface area contributed by atoms with Gasteiger partial charge in [0, 0.05) is 22.4 Å². The number of nitrogens with two attached hydrogens (primary N) is 1. The first-order valence-electron chi connectivity index (χ1n) is 5.89. The Bertz CT molecular complexity index is 710. The van der Waals surface area contributed by atoms with Crippen molar-refractivity contribution in [3.05, 3.63) is 52.5 Å². The van der Waals surface area contributed by atoms with Crippen molar-refractivity contribution in [2.24, 2.45) is 0 Å². The fourth-order valence-corrected chi connectivity index (χ4v) is 3.52. The van der Waals surface area contributed by atoms with Crippen LogP contribution in [0, 0.1) is 0 Å². The lowest BCUT2D eigenvalue weighted by atomic mass is 10.3. The van der Waals surface area contributed by atoms with Gasteiger partial charge < -0.3 is 10.3 Å². The van der Waals surface area contributed by atoms with Crippen LogP contribution < -0.4 is 5.73 Å². The largest absolute Gasteiger partial charge is 0.399 e. The third kappa shape index (κ3) is 3.00. The average Bonchev–Trinajstić information content (AvgIpc) is 3.09. The lowest BCUT2D eigenvalue weighted by Crippen LogP contribution is -1.86. The Morgan fingerprint density at radius 3 is 3.00 bits per heavy atom. The SMILES string of the molecule is Nc1ccc(Cl)c(SCc2cc(-c3cccs3)on2)c1. The number of aromatic nitrogens is 1. The van der Waals surface area contributed by atoms with E-state index in [4.69, 9.17) is 21.9 Å². The summed E-state index contributed by atoms with van der Waals surface area (Å²) in [6, 6.07) is 11.4. The van der Waals surface area contributed by atoms with Crippen LogP contribution in [0.4, 0.5) is 5.69 Å². The number of hydrogen-bond acceptors (Lipinski definition) is 5. The Hall–Kier alpha value is -1.43. The van der Waals surface area contributed by atoms with Gasteiger partial charge in [0.15, 0.2) is 5.76 Å². The Morgan fingerprint density at radius 2 is 2.20 bits per heavy atom. The van der Waals surface area contributed by atoms with E-state index in [9.17, 15) is 0 Å². The van der Waals surface area contributed by atoms with Gasteiger partial charge in [-0.2, -0.15) is 0 Å². The minimum absolute atomic E-state index is 0.693. The molecule has 0 unspecified atom stereocenters. The molecule has 0 atom stereocenters. The van der Waals surface area contributed by atoms with E-state index in [1.807, 2.05) is 29.6 Å². The van der Waals surface area contributed by atoms with Crippen molar-refractivity contribution in [1.82, 2.24) is 5.16 Å². The molecule has 0 spiro atoms. The third-order valence-corrected chi connectivity index (χ3v) is 5.07. The average molecular weight is 323 g/mol. The van der Waals surface area contributed by atoms with Gasteiger partial charge in [0.25, 0.3) is 0 Å². The van der Waals surface area contributed by atoms with Crippen LogP contribution in [0.5, 0.6) is 0 Å². The van der Waals surface area contributed by atoms with Gasteiger partial charge >= 0.3 is 0 Å². The second-order valence-corrected chi connectivity index (χ2v) is 6.51. The van der Waals surface area contributed by atoms with Gasteiger partial charge in [-0.05, 0) is 29.6 Å². The zero-order valence-electron chi connectivity index (χ0n) is 10.4. The molecular weight excluding hydrogens is 312 g/mol. The molecule has 3 aromatic rings. The number of halogens is 1. The smallest absolute Gasteiger partial charge is 0.177 e. The van der Waals surface area contributed by atoms with Crippen molar-refractivity contribution < 1.29 is 4.52 Å². The van der Waals surface area contributed by atoms with Crippen LogP contribution in [0.25, 0.3) is 10.6 Å². The van der Waals surface area contributed by atoms with Crippen LogP contribution in [-0.4, -0.2) is 5.16 Å². The van der Waals surface area contributed by atoms with Gasteiger partial charge in [-0.15, -0.1) is 23.1 Å². The van der Waals surface area contributed by atoms with E-state index in [0.29, 0.717) is 16.5 Å². The summed E-state index contributed by atoms with van der Waals surface area (Å²) in [7, 11) is 0. The van der Waals surface area contributed by atoms with Crippen molar-refractivity contribution >= 4 is 40.4 Å². The molecule has 2 heterocycles. The normalized spacial score (nSPS) is 10.8. The van der Waals surface area contributed by atoms with Crippen LogP contribution >= 0.6 is 34.7 Å². The molecule has 0 aliphatic heterocycles. The molecule has 6 heteroatoms. The van der Waals surface area contributed by atoms with Gasteiger partial charge in [0.2, 0.25) is 0 Å². The van der Waals surface area contributed by atoms with E-state index in [0.717, 1.165) is 21.2 Å². The van der Waals surface area contributed by atoms with Crippen LogP contribution in [0.1, 0.15) is 5.69 Å². The Kier molecular flexibility index (Phi) is 4.00. The summed E-state index contributed by atoms with van der Waals surface area (Å²) in [5.74, 6) is 1.49. The fourth-order valence-electron chi connectivity index (χ4n) is 1.70. The quantitative estimate of drug-likeness (QED) is 0.546. The number of nitrogen functional groups attached to an aromatic ring is 1. The van der Waals surface area contributed by atoms with Crippen LogP contribution in [0.2, 0.25) is 5.02 Å². The predicted octanol–water partition coefficient (Wildman–Crippen LogP) is 4.93. The van der Waals surface area contributed by atoms with Crippen molar-refractivity contribution in [3.63, 3.8) is 0 Å². The highest BCUT2D eigenvalue weighted by Gasteiger charge is 2.09. The molecule has 102 valence electrons. The van der Waals surface area contributed by atoms with Crippen molar-refractivity contribution in [2.75, 3.05) is 5.73 Å². The maximum absolute atomic E-state index is 6.13. The van der Waals surface area contributed by atoms with E-state index in [-0.39, 0.29) is 0 Å². The molecular formula is C14H11ClN2OS2. The Morgan fingerprint density at radius 1 is 1.30 bits per heavy atom. The maximum Gasteiger partial charge on any atom is 0.177 e. The van der Waals surface area contributed by atoms with E-state index in [1.165, 1.54) is 0 Å². The maximum atomic E-state index is 6.13. The van der Waals surface area contributed by atoms with E-state index in [2.05, 4.69) is 5.16 Å². The van der Waals surface area contributed by atoms with Crippen molar-refractivity contribution in [2.45, 2.75) is 10.6 Å². The lowest BCUT2D eigenvalue weighted by molar-refractivity contribution is 0.427. The first-order valence-corrected chi connectivity index (χ1v) is 8.14. The highest BCUT2D eigenvalue weighted by Crippen LogP contribution is 2.32. The minimum Gasteiger partial charge on any atom is -0.399 e. The summed E-state index contributed by atoms with van der Waals surface area (Å²) < 4.78 is 5.34. The van der Waals surface area contributed by atoms with Gasteiger partial charge in [-0.3, -0.25) is 0 Å². The van der Waals surface area contributed by atoms with Gasteiger partial charge in [0.1, 0.15) is 0 Å². The molecule has 0 bridgehead atoms. The highest BCUT2D eigenvalue weighted by atomic mass is 35.5. The summed E-state index contributed by atoms with van der Waals surface area (Å²) in [6.45, 7) is 0. The summed E-state index contributed by atoms with van der Waals surface area (Å²) >= 11 is 9.35. The molecule has 3 rings (SSSR count). The summed E-state index contributed by atoms with van der Waals surface area (Å²) in [5, 5.41) is 6.79. The predicted molar refractivity (Wildman–Crippen MR) is 85.2 cm³/mol. The molecule has 2 N–H and O–H groups in total. The molecule has 1 aromatic carbocycles. The molecule has 0 aliphatic carbocycles. The van der Waals surface area contributed by atoms with Crippen molar-refractivity contribution in [3.8, 4) is 10.6 Å². The van der Waals surface area contributed by atoms with E-state index >= 15 is 0 Å². The summed E-state index contributed by atoms with van der Waals surface area (Å²) in [5.41, 5.74) is 7.35. The second-order valence-electron chi connectivity index (χ2n) is 4.14. The molecule has 0 aliphatic rings. The monoisotopic (exact) mass is 322 g/mol. The lowest BCUT2D eigenvalue weighted by Gasteiger charge is -2.03. The zero-order chi connectivity index (χ0) is 13.9. The van der Waals surface area contributed by atoms with Gasteiger partial charge in [-0.1, -0.05) is 22.8 Å². The molecule has 0 fully saturated rings. The van der Waals surface area contributed by atoms with Crippen LogP contribution in [0.3, 0.4) is 0 Å². The number of hydrogen-bond donors (Lipinski definition) is 1. The number of anilines is 1. The molecule has 3 nitrogen and oxygen atoms in total. The molecule has 0 radical (unpaired) electrons. The molecule has 0 saturated carbocycles. The van der Waals surface area contributed by atoms with Gasteiger partial charge in [0.05, 0.1) is 15.6 Å². The number of nitrogens with zero attached hydrogens (tertiary/aromatic N) is 1. The number of benzene rings is 1. The van der Waals surface area contributed by atoms with E-state index in [1.54, 1.807) is 35.2 Å². The summed E-state index contributed by atoms with van der Waals surface area (Å²) in [4.78, 5) is 2.03. The number of rotatable bonds is 4. The number of thiophene rings is 1. The fraction of sp³-hybridized carbons (Fsp3) is 0.0714. The molecule has 2 aromatic heterocycles. The standard InChI is InChI=1S/C14H11ClN2OS2/c15-11-4-3-9(16)6-14(11)20-8-10-7-12(18-17-10)13-2-1-5-19-13/h1-7H,8,16H2. The second kappa shape index (κ2) is 5.91. The first-order chi connectivity index (χ1) is 9.72. The Balaban J connectivity index is 1.71. The third-order valence-electron chi connectivity index (χ3n) is 2.65. The van der Waals surface area contributed by atoms with Crippen molar-refractivity contribution in [1.29, 1.82) is 0 Å². The highest BCUT2D eigenvalue weighted by molar-refractivity contribution is 7.98. The summed E-state index contributed by atoms with van der Waals surface area (Å²) in [6.07, 6.45) is 0.